The first-order chi connectivity index (χ1) is 10.9. The molecule has 3 rings (SSSR count). The smallest absolute Gasteiger partial charge is 0.222 e. The number of carbonyl (C=O) groups is 1. The lowest BCUT2D eigenvalue weighted by molar-refractivity contribution is -0.129. The van der Waals surface area contributed by atoms with Crippen LogP contribution < -0.4 is 0 Å². The van der Waals surface area contributed by atoms with Crippen LogP contribution in [-0.2, 0) is 11.3 Å². The van der Waals surface area contributed by atoms with E-state index in [2.05, 4.69) is 22.0 Å². The van der Waals surface area contributed by atoms with Crippen LogP contribution in [0.25, 0.3) is 0 Å². The Bertz CT molecular complexity index is 566. The molecule has 2 aliphatic rings. The highest BCUT2D eigenvalue weighted by Gasteiger charge is 2.41. The highest BCUT2D eigenvalue weighted by molar-refractivity contribution is 5.76. The molecule has 0 aromatic carbocycles. The summed E-state index contributed by atoms with van der Waals surface area (Å²) in [7, 11) is 4.13. The van der Waals surface area contributed by atoms with Crippen LogP contribution >= 0.6 is 0 Å². The summed E-state index contributed by atoms with van der Waals surface area (Å²) < 4.78 is 5.30. The molecule has 23 heavy (non-hydrogen) atoms. The Morgan fingerprint density at radius 3 is 2.65 bits per heavy atom. The standard InChI is InChI=1S/C17H28N4O2/c1-13-15(14(2)23-18-13)11-21-10-9-20(4)17(12-21)6-5-16(22)19(3)8-7-17/h5-12H2,1-4H3. The zero-order chi connectivity index (χ0) is 16.6. The second kappa shape index (κ2) is 6.24. The maximum atomic E-state index is 12.0. The molecule has 0 saturated carbocycles. The van der Waals surface area contributed by atoms with Gasteiger partial charge in [0, 0.05) is 57.3 Å². The Balaban J connectivity index is 1.75. The average Bonchev–Trinajstić information content (AvgIpc) is 2.77. The van der Waals surface area contributed by atoms with Crippen LogP contribution in [-0.4, -0.2) is 71.6 Å². The van der Waals surface area contributed by atoms with Gasteiger partial charge in [-0.05, 0) is 33.7 Å². The third kappa shape index (κ3) is 3.15. The fourth-order valence-electron chi connectivity index (χ4n) is 3.93. The van der Waals surface area contributed by atoms with Gasteiger partial charge in [-0.15, -0.1) is 0 Å². The number of hydrogen-bond donors (Lipinski definition) is 0. The van der Waals surface area contributed by atoms with Crippen LogP contribution in [0.2, 0.25) is 0 Å². The zero-order valence-electron chi connectivity index (χ0n) is 14.8. The predicted molar refractivity (Wildman–Crippen MR) is 88.1 cm³/mol. The molecule has 0 aliphatic carbocycles. The molecule has 6 heteroatoms. The van der Waals surface area contributed by atoms with Gasteiger partial charge in [0.25, 0.3) is 0 Å². The van der Waals surface area contributed by atoms with E-state index in [-0.39, 0.29) is 11.4 Å². The number of piperazine rings is 1. The Labute approximate surface area is 138 Å². The van der Waals surface area contributed by atoms with Crippen molar-refractivity contribution >= 4 is 5.91 Å². The summed E-state index contributed by atoms with van der Waals surface area (Å²) in [6.45, 7) is 8.84. The van der Waals surface area contributed by atoms with Crippen LogP contribution in [0.3, 0.4) is 0 Å². The van der Waals surface area contributed by atoms with E-state index >= 15 is 0 Å². The van der Waals surface area contributed by atoms with Gasteiger partial charge >= 0.3 is 0 Å². The summed E-state index contributed by atoms with van der Waals surface area (Å²) in [6, 6.07) is 0. The molecule has 1 unspecified atom stereocenters. The number of aromatic nitrogens is 1. The zero-order valence-corrected chi connectivity index (χ0v) is 14.8. The second-order valence-corrected chi connectivity index (χ2v) is 7.22. The molecule has 2 saturated heterocycles. The van der Waals surface area contributed by atoms with Crippen LogP contribution in [0.4, 0.5) is 0 Å². The lowest BCUT2D eigenvalue weighted by atomic mass is 9.86. The fourth-order valence-corrected chi connectivity index (χ4v) is 3.93. The SMILES string of the molecule is Cc1noc(C)c1CN1CCN(C)C2(CCC(=O)N(C)CC2)C1. The van der Waals surface area contributed by atoms with Crippen LogP contribution in [0.5, 0.6) is 0 Å². The summed E-state index contributed by atoms with van der Waals surface area (Å²) in [6.07, 6.45) is 2.65. The van der Waals surface area contributed by atoms with Gasteiger partial charge in [-0.1, -0.05) is 5.16 Å². The molecule has 0 radical (unpaired) electrons. The van der Waals surface area contributed by atoms with Crippen LogP contribution in [0.15, 0.2) is 4.52 Å². The van der Waals surface area contributed by atoms with Gasteiger partial charge < -0.3 is 9.42 Å². The van der Waals surface area contributed by atoms with E-state index in [0.29, 0.717) is 6.42 Å². The minimum Gasteiger partial charge on any atom is -0.361 e. The number of aryl methyl sites for hydroxylation is 2. The third-order valence-electron chi connectivity index (χ3n) is 5.78. The van der Waals surface area contributed by atoms with E-state index in [1.54, 1.807) is 0 Å². The van der Waals surface area contributed by atoms with Gasteiger partial charge in [0.15, 0.2) is 0 Å². The van der Waals surface area contributed by atoms with Gasteiger partial charge in [0.2, 0.25) is 5.91 Å². The summed E-state index contributed by atoms with van der Waals surface area (Å²) in [5.74, 6) is 1.20. The third-order valence-corrected chi connectivity index (χ3v) is 5.78. The average molecular weight is 320 g/mol. The number of hydrogen-bond acceptors (Lipinski definition) is 5. The summed E-state index contributed by atoms with van der Waals surface area (Å²) in [5, 5.41) is 4.07. The van der Waals surface area contributed by atoms with Crippen molar-refractivity contribution in [3.05, 3.63) is 17.0 Å². The normalized spacial score (nSPS) is 27.7. The molecule has 6 nitrogen and oxygen atoms in total. The first-order valence-electron chi connectivity index (χ1n) is 8.50. The number of rotatable bonds is 2. The van der Waals surface area contributed by atoms with Crippen molar-refractivity contribution in [1.29, 1.82) is 0 Å². The number of nitrogens with zero attached hydrogens (tertiary/aromatic N) is 4. The van der Waals surface area contributed by atoms with Crippen molar-refractivity contribution < 1.29 is 9.32 Å². The first-order valence-corrected chi connectivity index (χ1v) is 8.50. The highest BCUT2D eigenvalue weighted by Crippen LogP contribution is 2.32. The number of amides is 1. The molecule has 1 amide bonds. The van der Waals surface area contributed by atoms with E-state index in [1.807, 2.05) is 25.8 Å². The van der Waals surface area contributed by atoms with Crippen molar-refractivity contribution in [2.24, 2.45) is 0 Å². The molecule has 1 spiro atoms. The van der Waals surface area contributed by atoms with Crippen molar-refractivity contribution in [2.45, 2.75) is 45.2 Å². The summed E-state index contributed by atoms with van der Waals surface area (Å²) >= 11 is 0. The monoisotopic (exact) mass is 320 g/mol. The Morgan fingerprint density at radius 2 is 1.96 bits per heavy atom. The molecule has 3 heterocycles. The van der Waals surface area contributed by atoms with Crippen molar-refractivity contribution in [3.63, 3.8) is 0 Å². The van der Waals surface area contributed by atoms with Gasteiger partial charge in [0.1, 0.15) is 5.76 Å². The van der Waals surface area contributed by atoms with E-state index in [0.717, 1.165) is 57.0 Å². The quantitative estimate of drug-likeness (QED) is 0.825. The summed E-state index contributed by atoms with van der Waals surface area (Å²) in [5.41, 5.74) is 2.32. The number of carbonyl (C=O) groups excluding carboxylic acids is 1. The highest BCUT2D eigenvalue weighted by atomic mass is 16.5. The minimum atomic E-state index is 0.109. The lowest BCUT2D eigenvalue weighted by Gasteiger charge is -2.49. The Kier molecular flexibility index (Phi) is 4.47. The van der Waals surface area contributed by atoms with E-state index < -0.39 is 0 Å². The van der Waals surface area contributed by atoms with Gasteiger partial charge in [0.05, 0.1) is 5.69 Å². The minimum absolute atomic E-state index is 0.109. The molecule has 2 fully saturated rings. The maximum absolute atomic E-state index is 12.0. The molecule has 0 N–H and O–H groups in total. The van der Waals surface area contributed by atoms with Crippen molar-refractivity contribution in [2.75, 3.05) is 40.3 Å². The van der Waals surface area contributed by atoms with E-state index in [9.17, 15) is 4.79 Å². The molecular formula is C17H28N4O2. The number of likely N-dealkylation sites (N-methyl/N-ethyl adjacent to an activating group) is 1. The molecule has 0 bridgehead atoms. The van der Waals surface area contributed by atoms with Crippen LogP contribution in [0.1, 0.15) is 36.3 Å². The van der Waals surface area contributed by atoms with Crippen LogP contribution in [0, 0.1) is 13.8 Å². The lowest BCUT2D eigenvalue weighted by Crippen LogP contribution is -2.60. The van der Waals surface area contributed by atoms with E-state index in [4.69, 9.17) is 4.52 Å². The predicted octanol–water partition coefficient (Wildman–Crippen LogP) is 1.42. The molecule has 1 aromatic heterocycles. The van der Waals surface area contributed by atoms with Crippen molar-refractivity contribution in [3.8, 4) is 0 Å². The largest absolute Gasteiger partial charge is 0.361 e. The van der Waals surface area contributed by atoms with Gasteiger partial charge in [-0.2, -0.15) is 0 Å². The number of likely N-dealkylation sites (tertiary alicyclic amines) is 1. The van der Waals surface area contributed by atoms with Crippen molar-refractivity contribution in [1.82, 2.24) is 19.9 Å². The second-order valence-electron chi connectivity index (χ2n) is 7.22. The molecule has 2 aliphatic heterocycles. The molecule has 1 atom stereocenters. The van der Waals surface area contributed by atoms with E-state index in [1.165, 1.54) is 5.56 Å². The maximum Gasteiger partial charge on any atom is 0.222 e. The Hall–Kier alpha value is -1.40. The fraction of sp³-hybridized carbons (Fsp3) is 0.765. The topological polar surface area (TPSA) is 52.8 Å². The van der Waals surface area contributed by atoms with Gasteiger partial charge in [-0.3, -0.25) is 14.6 Å². The van der Waals surface area contributed by atoms with Gasteiger partial charge in [-0.25, -0.2) is 0 Å². The Morgan fingerprint density at radius 1 is 1.17 bits per heavy atom. The molecular weight excluding hydrogens is 292 g/mol. The first kappa shape index (κ1) is 16.5. The molecule has 1 aromatic rings. The summed E-state index contributed by atoms with van der Waals surface area (Å²) in [4.78, 5) is 18.9. The molecule has 128 valence electrons.